The average Bonchev–Trinajstić information content (AvgIpc) is 3.09. The van der Waals surface area contributed by atoms with Gasteiger partial charge in [-0.3, -0.25) is 9.36 Å². The lowest BCUT2D eigenvalue weighted by atomic mass is 10.1. The summed E-state index contributed by atoms with van der Waals surface area (Å²) in [6.07, 6.45) is 1.38. The van der Waals surface area contributed by atoms with Gasteiger partial charge < -0.3 is 4.57 Å². The first kappa shape index (κ1) is 18.0. The highest BCUT2D eigenvalue weighted by atomic mass is 19.1. The summed E-state index contributed by atoms with van der Waals surface area (Å²) in [5, 5.41) is 0. The Bertz CT molecular complexity index is 1230. The van der Waals surface area contributed by atoms with Crippen molar-refractivity contribution in [2.75, 3.05) is 0 Å². The van der Waals surface area contributed by atoms with E-state index in [2.05, 4.69) is 9.97 Å². The minimum atomic E-state index is -0.606. The van der Waals surface area contributed by atoms with Crippen LogP contribution in [0.25, 0.3) is 16.9 Å². The second-order valence-electron chi connectivity index (χ2n) is 6.26. The maximum absolute atomic E-state index is 14.2. The van der Waals surface area contributed by atoms with Crippen molar-refractivity contribution >= 4 is 11.2 Å². The fourth-order valence-corrected chi connectivity index (χ4v) is 3.09. The summed E-state index contributed by atoms with van der Waals surface area (Å²) in [7, 11) is 0. The molecule has 0 unspecified atom stereocenters. The average molecular weight is 384 g/mol. The quantitative estimate of drug-likeness (QED) is 0.540. The molecule has 0 bridgehead atoms. The van der Waals surface area contributed by atoms with Gasteiger partial charge in [-0.05, 0) is 55.0 Å². The fourth-order valence-electron chi connectivity index (χ4n) is 3.09. The van der Waals surface area contributed by atoms with E-state index in [0.29, 0.717) is 17.9 Å². The molecule has 5 nitrogen and oxygen atoms in total. The minimum absolute atomic E-state index is 0.0599. The highest BCUT2D eigenvalue weighted by Crippen LogP contribution is 2.18. The Balaban J connectivity index is 1.98. The van der Waals surface area contributed by atoms with Crippen molar-refractivity contribution < 1.29 is 13.2 Å². The SMILES string of the molecule is CCn1cnc2c(=O)n(-c3ccc(F)cc3)c(Cc3cc(F)ccc3F)nc21. The van der Waals surface area contributed by atoms with Crippen LogP contribution in [0.1, 0.15) is 18.3 Å². The van der Waals surface area contributed by atoms with E-state index in [0.717, 1.165) is 18.2 Å². The largest absolute Gasteiger partial charge is 0.315 e. The maximum atomic E-state index is 14.2. The molecule has 0 radical (unpaired) electrons. The summed E-state index contributed by atoms with van der Waals surface area (Å²) in [5.74, 6) is -1.46. The van der Waals surface area contributed by atoms with Gasteiger partial charge in [0.15, 0.2) is 11.2 Å². The number of aromatic nitrogens is 4. The highest BCUT2D eigenvalue weighted by Gasteiger charge is 2.18. The van der Waals surface area contributed by atoms with Crippen molar-refractivity contribution in [3.8, 4) is 5.69 Å². The first-order chi connectivity index (χ1) is 13.5. The molecular weight excluding hydrogens is 369 g/mol. The normalized spacial score (nSPS) is 11.3. The summed E-state index contributed by atoms with van der Waals surface area (Å²) in [4.78, 5) is 21.7. The molecule has 0 aliphatic rings. The van der Waals surface area contributed by atoms with Gasteiger partial charge in [-0.2, -0.15) is 0 Å². The Kier molecular flexibility index (Phi) is 4.46. The number of hydrogen-bond donors (Lipinski definition) is 0. The molecule has 4 rings (SSSR count). The first-order valence-corrected chi connectivity index (χ1v) is 8.64. The molecule has 0 spiro atoms. The van der Waals surface area contributed by atoms with Gasteiger partial charge in [-0.1, -0.05) is 0 Å². The van der Waals surface area contributed by atoms with E-state index in [-0.39, 0.29) is 23.3 Å². The van der Waals surface area contributed by atoms with Crippen LogP contribution in [-0.4, -0.2) is 19.1 Å². The smallest absolute Gasteiger partial charge is 0.286 e. The van der Waals surface area contributed by atoms with Crippen LogP contribution in [0.15, 0.2) is 53.6 Å². The molecule has 0 aliphatic heterocycles. The number of hydrogen-bond acceptors (Lipinski definition) is 3. The van der Waals surface area contributed by atoms with Gasteiger partial charge in [-0.15, -0.1) is 0 Å². The fraction of sp³-hybridized carbons (Fsp3) is 0.150. The van der Waals surface area contributed by atoms with Crippen LogP contribution >= 0.6 is 0 Å². The predicted octanol–water partition coefficient (Wildman–Crippen LogP) is 3.61. The molecule has 2 aromatic carbocycles. The molecule has 0 fully saturated rings. The van der Waals surface area contributed by atoms with Crippen molar-refractivity contribution in [3.05, 3.63) is 88.0 Å². The zero-order valence-electron chi connectivity index (χ0n) is 14.9. The minimum Gasteiger partial charge on any atom is -0.315 e. The van der Waals surface area contributed by atoms with Crippen molar-refractivity contribution in [1.29, 1.82) is 0 Å². The number of nitrogens with zero attached hydrogens (tertiary/aromatic N) is 4. The molecule has 0 N–H and O–H groups in total. The van der Waals surface area contributed by atoms with E-state index in [1.165, 1.54) is 35.2 Å². The highest BCUT2D eigenvalue weighted by molar-refractivity contribution is 5.70. The van der Waals surface area contributed by atoms with Crippen LogP contribution in [0.5, 0.6) is 0 Å². The standard InChI is InChI=1S/C20H15F3N4O/c1-2-26-11-24-18-19(26)25-17(10-12-9-14(22)5-8-16(12)23)27(20(18)28)15-6-3-13(21)4-7-15/h3-9,11H,2,10H2,1H3. The number of aryl methyl sites for hydroxylation is 1. The lowest BCUT2D eigenvalue weighted by Crippen LogP contribution is -2.25. The molecule has 0 atom stereocenters. The Morgan fingerprint density at radius 1 is 1.00 bits per heavy atom. The molecule has 2 heterocycles. The lowest BCUT2D eigenvalue weighted by Gasteiger charge is -2.13. The summed E-state index contributed by atoms with van der Waals surface area (Å²) in [6.45, 7) is 2.41. The van der Waals surface area contributed by atoms with Gasteiger partial charge in [0.05, 0.1) is 12.0 Å². The third-order valence-corrected chi connectivity index (χ3v) is 4.49. The van der Waals surface area contributed by atoms with E-state index in [9.17, 15) is 18.0 Å². The van der Waals surface area contributed by atoms with Crippen LogP contribution in [0.3, 0.4) is 0 Å². The molecule has 2 aromatic heterocycles. The van der Waals surface area contributed by atoms with Gasteiger partial charge >= 0.3 is 0 Å². The van der Waals surface area contributed by atoms with Gasteiger partial charge in [-0.25, -0.2) is 23.1 Å². The van der Waals surface area contributed by atoms with E-state index in [1.807, 2.05) is 6.92 Å². The van der Waals surface area contributed by atoms with Gasteiger partial charge in [0, 0.05) is 13.0 Å². The van der Waals surface area contributed by atoms with E-state index >= 15 is 0 Å². The van der Waals surface area contributed by atoms with Crippen LogP contribution < -0.4 is 5.56 Å². The number of rotatable bonds is 4. The molecule has 0 saturated heterocycles. The van der Waals surface area contributed by atoms with Crippen LogP contribution in [0.4, 0.5) is 13.2 Å². The molecule has 4 aromatic rings. The molecule has 8 heteroatoms. The first-order valence-electron chi connectivity index (χ1n) is 8.64. The van der Waals surface area contributed by atoms with E-state index in [4.69, 9.17) is 0 Å². The zero-order chi connectivity index (χ0) is 19.8. The number of fused-ring (bicyclic) bond motifs is 1. The van der Waals surface area contributed by atoms with Gasteiger partial charge in [0.1, 0.15) is 23.3 Å². The Hall–Kier alpha value is -3.42. The third kappa shape index (κ3) is 3.06. The summed E-state index contributed by atoms with van der Waals surface area (Å²) in [5.41, 5.74) is 0.464. The van der Waals surface area contributed by atoms with E-state index in [1.54, 1.807) is 4.57 Å². The van der Waals surface area contributed by atoms with Crippen molar-refractivity contribution in [2.45, 2.75) is 19.9 Å². The maximum Gasteiger partial charge on any atom is 0.286 e. The monoisotopic (exact) mass is 384 g/mol. The van der Waals surface area contributed by atoms with Crippen LogP contribution in [0.2, 0.25) is 0 Å². The molecule has 28 heavy (non-hydrogen) atoms. The second kappa shape index (κ2) is 6.95. The summed E-state index contributed by atoms with van der Waals surface area (Å²) >= 11 is 0. The Morgan fingerprint density at radius 2 is 1.71 bits per heavy atom. The van der Waals surface area contributed by atoms with Crippen LogP contribution in [0, 0.1) is 17.5 Å². The Morgan fingerprint density at radius 3 is 2.43 bits per heavy atom. The van der Waals surface area contributed by atoms with Crippen molar-refractivity contribution in [2.24, 2.45) is 0 Å². The third-order valence-electron chi connectivity index (χ3n) is 4.49. The van der Waals surface area contributed by atoms with Gasteiger partial charge in [0.25, 0.3) is 5.56 Å². The second-order valence-corrected chi connectivity index (χ2v) is 6.26. The molecular formula is C20H15F3N4O. The number of benzene rings is 2. The summed E-state index contributed by atoms with van der Waals surface area (Å²) < 4.78 is 44.1. The number of imidazole rings is 1. The number of halogens is 3. The molecule has 0 saturated carbocycles. The molecule has 142 valence electrons. The predicted molar refractivity (Wildman–Crippen MR) is 97.9 cm³/mol. The summed E-state index contributed by atoms with van der Waals surface area (Å²) in [6, 6.07) is 8.39. The lowest BCUT2D eigenvalue weighted by molar-refractivity contribution is 0.586. The van der Waals surface area contributed by atoms with E-state index < -0.39 is 23.0 Å². The van der Waals surface area contributed by atoms with Crippen molar-refractivity contribution in [3.63, 3.8) is 0 Å². The topological polar surface area (TPSA) is 52.7 Å². The van der Waals surface area contributed by atoms with Gasteiger partial charge in [0.2, 0.25) is 0 Å². The Labute approximate surface area is 157 Å². The molecule has 0 aliphatic carbocycles. The zero-order valence-corrected chi connectivity index (χ0v) is 14.9. The molecule has 0 amide bonds. The van der Waals surface area contributed by atoms with Crippen LogP contribution in [-0.2, 0) is 13.0 Å². The van der Waals surface area contributed by atoms with Crippen molar-refractivity contribution in [1.82, 2.24) is 19.1 Å².